The number of piperazine rings is 1. The van der Waals surface area contributed by atoms with E-state index in [-0.39, 0.29) is 29.4 Å². The summed E-state index contributed by atoms with van der Waals surface area (Å²) in [5, 5.41) is 3.26. The van der Waals surface area contributed by atoms with E-state index in [9.17, 15) is 13.2 Å². The number of benzene rings is 1. The number of nitrogens with one attached hydrogen (secondary N) is 1. The minimum Gasteiger partial charge on any atom is -0.465 e. The molecule has 8 heteroatoms. The molecule has 23 heavy (non-hydrogen) atoms. The lowest BCUT2D eigenvalue weighted by molar-refractivity contribution is 0.0600. The number of aryl methyl sites for hydroxylation is 1. The highest BCUT2D eigenvalue weighted by Crippen LogP contribution is 2.23. The Balaban J connectivity index is 0.00000264. The molecule has 0 spiro atoms. The minimum absolute atomic E-state index is 0. The smallest absolute Gasteiger partial charge is 0.338 e. The average Bonchev–Trinajstić information content (AvgIpc) is 2.49. The summed E-state index contributed by atoms with van der Waals surface area (Å²) in [7, 11) is -2.27. The van der Waals surface area contributed by atoms with Crippen molar-refractivity contribution in [1.29, 1.82) is 0 Å². The lowest BCUT2D eigenvalue weighted by atomic mass is 10.1. The van der Waals surface area contributed by atoms with Crippen LogP contribution in [0.3, 0.4) is 0 Å². The molecule has 0 bridgehead atoms. The van der Waals surface area contributed by atoms with Crippen LogP contribution in [0.25, 0.3) is 0 Å². The summed E-state index contributed by atoms with van der Waals surface area (Å²) in [4.78, 5) is 11.8. The molecule has 0 saturated carbocycles. The molecule has 2 unspecified atom stereocenters. The molecule has 1 aromatic rings. The SMILES string of the molecule is COC(=O)c1ccc(S(=O)(=O)N2CCNC(C)C2C)cc1C.Cl. The number of carbonyl (C=O) groups is 1. The molecule has 2 rings (SSSR count). The number of sulfonamides is 1. The van der Waals surface area contributed by atoms with Crippen molar-refractivity contribution < 1.29 is 17.9 Å². The van der Waals surface area contributed by atoms with Crippen LogP contribution in [0, 0.1) is 6.92 Å². The zero-order valence-electron chi connectivity index (χ0n) is 13.7. The number of ether oxygens (including phenoxy) is 1. The molecule has 130 valence electrons. The van der Waals surface area contributed by atoms with Gasteiger partial charge >= 0.3 is 5.97 Å². The summed E-state index contributed by atoms with van der Waals surface area (Å²) in [5.74, 6) is -0.467. The zero-order chi connectivity index (χ0) is 16.5. The molecule has 1 aliphatic heterocycles. The maximum atomic E-state index is 12.8. The number of nitrogens with zero attached hydrogens (tertiary/aromatic N) is 1. The van der Waals surface area contributed by atoms with E-state index in [2.05, 4.69) is 10.1 Å². The van der Waals surface area contributed by atoms with Crippen molar-refractivity contribution in [3.05, 3.63) is 29.3 Å². The Bertz CT molecular complexity index is 678. The third-order valence-electron chi connectivity index (χ3n) is 4.19. The van der Waals surface area contributed by atoms with Gasteiger partial charge in [-0.25, -0.2) is 13.2 Å². The summed E-state index contributed by atoms with van der Waals surface area (Å²) < 4.78 is 31.9. The van der Waals surface area contributed by atoms with Crippen molar-refractivity contribution in [3.8, 4) is 0 Å². The quantitative estimate of drug-likeness (QED) is 0.826. The van der Waals surface area contributed by atoms with Gasteiger partial charge in [0, 0.05) is 25.2 Å². The zero-order valence-corrected chi connectivity index (χ0v) is 15.3. The van der Waals surface area contributed by atoms with Crippen molar-refractivity contribution in [2.75, 3.05) is 20.2 Å². The summed E-state index contributed by atoms with van der Waals surface area (Å²) >= 11 is 0. The van der Waals surface area contributed by atoms with Gasteiger partial charge in [-0.15, -0.1) is 12.4 Å². The number of esters is 1. The molecule has 1 heterocycles. The molecular weight excluding hydrogens is 340 g/mol. The largest absolute Gasteiger partial charge is 0.465 e. The number of hydrogen-bond donors (Lipinski definition) is 1. The number of halogens is 1. The van der Waals surface area contributed by atoms with E-state index in [1.165, 1.54) is 29.6 Å². The second kappa shape index (κ2) is 7.61. The Kier molecular flexibility index (Phi) is 6.59. The first-order valence-electron chi connectivity index (χ1n) is 7.23. The topological polar surface area (TPSA) is 75.7 Å². The van der Waals surface area contributed by atoms with Crippen LogP contribution in [-0.2, 0) is 14.8 Å². The van der Waals surface area contributed by atoms with Gasteiger partial charge < -0.3 is 10.1 Å². The van der Waals surface area contributed by atoms with Crippen LogP contribution in [0.4, 0.5) is 0 Å². The van der Waals surface area contributed by atoms with Gasteiger partial charge in [0.05, 0.1) is 17.6 Å². The maximum Gasteiger partial charge on any atom is 0.338 e. The van der Waals surface area contributed by atoms with E-state index in [0.717, 1.165) is 0 Å². The molecule has 1 saturated heterocycles. The molecule has 1 aromatic carbocycles. The van der Waals surface area contributed by atoms with Crippen molar-refractivity contribution >= 4 is 28.4 Å². The molecule has 2 atom stereocenters. The third-order valence-corrected chi connectivity index (χ3v) is 6.17. The average molecular weight is 363 g/mol. The fraction of sp³-hybridized carbons (Fsp3) is 0.533. The first kappa shape index (κ1) is 19.9. The van der Waals surface area contributed by atoms with Crippen molar-refractivity contribution in [2.24, 2.45) is 0 Å². The second-order valence-electron chi connectivity index (χ2n) is 5.57. The van der Waals surface area contributed by atoms with Crippen LogP contribution in [-0.4, -0.2) is 51.0 Å². The van der Waals surface area contributed by atoms with Gasteiger partial charge in [-0.3, -0.25) is 0 Å². The molecule has 1 N–H and O–H groups in total. The number of hydrogen-bond acceptors (Lipinski definition) is 5. The monoisotopic (exact) mass is 362 g/mol. The number of methoxy groups -OCH3 is 1. The summed E-state index contributed by atoms with van der Waals surface area (Å²) in [6.07, 6.45) is 0. The Morgan fingerprint density at radius 1 is 1.35 bits per heavy atom. The first-order valence-corrected chi connectivity index (χ1v) is 8.67. The Morgan fingerprint density at radius 2 is 2.00 bits per heavy atom. The number of rotatable bonds is 3. The summed E-state index contributed by atoms with van der Waals surface area (Å²) in [5.41, 5.74) is 0.965. The molecule has 1 fully saturated rings. The molecule has 0 aliphatic carbocycles. The van der Waals surface area contributed by atoms with E-state index in [1.54, 1.807) is 6.92 Å². The van der Waals surface area contributed by atoms with Crippen LogP contribution in [0.15, 0.2) is 23.1 Å². The first-order chi connectivity index (χ1) is 10.3. The van der Waals surface area contributed by atoms with Gasteiger partial charge in [0.1, 0.15) is 0 Å². The van der Waals surface area contributed by atoms with Crippen LogP contribution in [0.1, 0.15) is 29.8 Å². The predicted molar refractivity (Wildman–Crippen MR) is 90.6 cm³/mol. The lowest BCUT2D eigenvalue weighted by Crippen LogP contribution is -2.57. The van der Waals surface area contributed by atoms with E-state index in [4.69, 9.17) is 0 Å². The Morgan fingerprint density at radius 3 is 2.57 bits per heavy atom. The molecule has 0 radical (unpaired) electrons. The highest BCUT2D eigenvalue weighted by molar-refractivity contribution is 7.89. The van der Waals surface area contributed by atoms with Gasteiger partial charge in [0.25, 0.3) is 0 Å². The van der Waals surface area contributed by atoms with Crippen LogP contribution in [0.2, 0.25) is 0 Å². The predicted octanol–water partition coefficient (Wildman–Crippen LogP) is 1.57. The Labute approximate surface area is 143 Å². The van der Waals surface area contributed by atoms with Gasteiger partial charge in [-0.1, -0.05) is 0 Å². The van der Waals surface area contributed by atoms with Crippen molar-refractivity contribution in [2.45, 2.75) is 37.8 Å². The Hall–Kier alpha value is -1.15. The van der Waals surface area contributed by atoms with Crippen LogP contribution >= 0.6 is 12.4 Å². The van der Waals surface area contributed by atoms with E-state index in [0.29, 0.717) is 24.2 Å². The molecule has 0 aromatic heterocycles. The fourth-order valence-corrected chi connectivity index (χ4v) is 4.42. The van der Waals surface area contributed by atoms with Gasteiger partial charge in [-0.2, -0.15) is 4.31 Å². The van der Waals surface area contributed by atoms with Gasteiger partial charge in [0.2, 0.25) is 10.0 Å². The standard InChI is InChI=1S/C15H22N2O4S.ClH/c1-10-9-13(5-6-14(10)15(18)21-4)22(19,20)17-8-7-16-11(2)12(17)3;/h5-6,9,11-12,16H,7-8H2,1-4H3;1H. The summed E-state index contributed by atoms with van der Waals surface area (Å²) in [6.45, 7) is 6.63. The third kappa shape index (κ3) is 3.85. The molecular formula is C15H23ClN2O4S. The van der Waals surface area contributed by atoms with E-state index in [1.807, 2.05) is 13.8 Å². The molecule has 1 aliphatic rings. The van der Waals surface area contributed by atoms with Crippen molar-refractivity contribution in [3.63, 3.8) is 0 Å². The van der Waals surface area contributed by atoms with Gasteiger partial charge in [-0.05, 0) is 44.5 Å². The van der Waals surface area contributed by atoms with Crippen LogP contribution < -0.4 is 5.32 Å². The van der Waals surface area contributed by atoms with E-state index >= 15 is 0 Å². The molecule has 6 nitrogen and oxygen atoms in total. The minimum atomic E-state index is -3.57. The molecule has 0 amide bonds. The fourth-order valence-electron chi connectivity index (χ4n) is 2.64. The highest BCUT2D eigenvalue weighted by Gasteiger charge is 2.34. The van der Waals surface area contributed by atoms with Crippen LogP contribution in [0.5, 0.6) is 0 Å². The maximum absolute atomic E-state index is 12.8. The lowest BCUT2D eigenvalue weighted by Gasteiger charge is -2.37. The number of carbonyl (C=O) groups excluding carboxylic acids is 1. The second-order valence-corrected chi connectivity index (χ2v) is 7.46. The normalized spacial score (nSPS) is 22.3. The van der Waals surface area contributed by atoms with Gasteiger partial charge in [0.15, 0.2) is 0 Å². The van der Waals surface area contributed by atoms with E-state index < -0.39 is 16.0 Å². The summed E-state index contributed by atoms with van der Waals surface area (Å²) in [6, 6.07) is 4.47. The van der Waals surface area contributed by atoms with Crippen molar-refractivity contribution in [1.82, 2.24) is 9.62 Å². The highest BCUT2D eigenvalue weighted by atomic mass is 35.5.